The average molecular weight is 213 g/mol. The third kappa shape index (κ3) is 3.47. The van der Waals surface area contributed by atoms with E-state index in [0.29, 0.717) is 0 Å². The third-order valence-electron chi connectivity index (χ3n) is 1.63. The van der Waals surface area contributed by atoms with Crippen molar-refractivity contribution >= 4 is 11.8 Å². The van der Waals surface area contributed by atoms with E-state index in [1.54, 1.807) is 11.8 Å². The van der Waals surface area contributed by atoms with Gasteiger partial charge in [-0.3, -0.25) is 0 Å². The van der Waals surface area contributed by atoms with E-state index in [2.05, 4.69) is 27.4 Å². The lowest BCUT2D eigenvalue weighted by Gasteiger charge is -2.02. The number of hydrogen-bond acceptors (Lipinski definition) is 5. The molecular formula is C8H15N5S. The minimum absolute atomic E-state index is 0.805. The van der Waals surface area contributed by atoms with Gasteiger partial charge < -0.3 is 5.32 Å². The Morgan fingerprint density at radius 3 is 3.21 bits per heavy atom. The number of nitrogens with zero attached hydrogens (tertiary/aromatic N) is 4. The lowest BCUT2D eigenvalue weighted by atomic mass is 10.5. The first-order chi connectivity index (χ1) is 6.88. The number of nitrogens with one attached hydrogen (secondary N) is 1. The summed E-state index contributed by atoms with van der Waals surface area (Å²) in [7, 11) is 1.91. The first-order valence-corrected chi connectivity index (χ1v) is 5.51. The second-order valence-corrected chi connectivity index (χ2v) is 3.78. The highest BCUT2D eigenvalue weighted by Crippen LogP contribution is 2.14. The van der Waals surface area contributed by atoms with Crippen LogP contribution in [0.25, 0.3) is 0 Å². The summed E-state index contributed by atoms with van der Waals surface area (Å²) >= 11 is 1.66. The fraction of sp³-hybridized carbons (Fsp3) is 0.625. The van der Waals surface area contributed by atoms with Crippen molar-refractivity contribution in [2.45, 2.75) is 18.1 Å². The Kier molecular flexibility index (Phi) is 5.24. The smallest absolute Gasteiger partial charge is 0.209 e. The van der Waals surface area contributed by atoms with Gasteiger partial charge in [0, 0.05) is 12.3 Å². The molecule has 0 fully saturated rings. The Labute approximate surface area is 88.0 Å². The van der Waals surface area contributed by atoms with E-state index in [1.807, 2.05) is 17.8 Å². The van der Waals surface area contributed by atoms with Gasteiger partial charge in [-0.2, -0.15) is 0 Å². The zero-order chi connectivity index (χ0) is 10.2. The Bertz CT molecular complexity index is 272. The van der Waals surface area contributed by atoms with Crippen LogP contribution in [0.15, 0.2) is 17.8 Å². The monoisotopic (exact) mass is 213 g/mol. The van der Waals surface area contributed by atoms with Crippen molar-refractivity contribution in [2.75, 3.05) is 19.3 Å². The summed E-state index contributed by atoms with van der Waals surface area (Å²) in [5.74, 6) is 0.976. The van der Waals surface area contributed by atoms with Crippen LogP contribution in [0.5, 0.6) is 0 Å². The standard InChI is InChI=1S/C8H15N5S/c1-3-4-7-14-8-10-11-12-13(8)6-5-9-2/h3,9H,1,4-7H2,2H3. The molecule has 0 saturated carbocycles. The molecule has 0 atom stereocenters. The van der Waals surface area contributed by atoms with Gasteiger partial charge in [0.05, 0.1) is 6.54 Å². The van der Waals surface area contributed by atoms with Crippen molar-refractivity contribution < 1.29 is 0 Å². The van der Waals surface area contributed by atoms with E-state index >= 15 is 0 Å². The minimum atomic E-state index is 0.805. The van der Waals surface area contributed by atoms with Gasteiger partial charge in [-0.05, 0) is 23.9 Å². The largest absolute Gasteiger partial charge is 0.318 e. The molecule has 1 aromatic heterocycles. The van der Waals surface area contributed by atoms with Gasteiger partial charge in [-0.25, -0.2) is 4.68 Å². The lowest BCUT2D eigenvalue weighted by Crippen LogP contribution is -2.16. The fourth-order valence-corrected chi connectivity index (χ4v) is 1.73. The minimum Gasteiger partial charge on any atom is -0.318 e. The number of hydrogen-bond donors (Lipinski definition) is 1. The van der Waals surface area contributed by atoms with Crippen LogP contribution in [0.1, 0.15) is 6.42 Å². The molecule has 0 radical (unpaired) electrons. The zero-order valence-corrected chi connectivity index (χ0v) is 9.13. The number of tetrazole rings is 1. The van der Waals surface area contributed by atoms with Crippen LogP contribution in [-0.4, -0.2) is 39.6 Å². The summed E-state index contributed by atoms with van der Waals surface area (Å²) in [5.41, 5.74) is 0. The van der Waals surface area contributed by atoms with E-state index in [4.69, 9.17) is 0 Å². The van der Waals surface area contributed by atoms with Gasteiger partial charge in [0.1, 0.15) is 0 Å². The average Bonchev–Trinajstić information content (AvgIpc) is 2.63. The molecule has 5 nitrogen and oxygen atoms in total. The molecule has 6 heteroatoms. The molecule has 0 aromatic carbocycles. The maximum atomic E-state index is 3.94. The summed E-state index contributed by atoms with van der Waals surface area (Å²) in [6.07, 6.45) is 2.87. The third-order valence-corrected chi connectivity index (χ3v) is 2.62. The van der Waals surface area contributed by atoms with Crippen LogP contribution in [0.4, 0.5) is 0 Å². The second-order valence-electron chi connectivity index (χ2n) is 2.71. The van der Waals surface area contributed by atoms with Crippen molar-refractivity contribution in [2.24, 2.45) is 0 Å². The van der Waals surface area contributed by atoms with Crippen LogP contribution < -0.4 is 5.32 Å². The molecule has 14 heavy (non-hydrogen) atoms. The highest BCUT2D eigenvalue weighted by Gasteiger charge is 2.04. The van der Waals surface area contributed by atoms with E-state index in [-0.39, 0.29) is 0 Å². The van der Waals surface area contributed by atoms with E-state index in [9.17, 15) is 0 Å². The Balaban J connectivity index is 2.40. The quantitative estimate of drug-likeness (QED) is 0.407. The molecule has 0 amide bonds. The number of likely N-dealkylation sites (N-methyl/N-ethyl adjacent to an activating group) is 1. The molecule has 1 heterocycles. The van der Waals surface area contributed by atoms with Crippen molar-refractivity contribution in [3.05, 3.63) is 12.7 Å². The number of rotatable bonds is 7. The first-order valence-electron chi connectivity index (χ1n) is 4.53. The molecule has 0 aliphatic rings. The van der Waals surface area contributed by atoms with Crippen LogP contribution in [0, 0.1) is 0 Å². The zero-order valence-electron chi connectivity index (χ0n) is 8.31. The number of allylic oxidation sites excluding steroid dienone is 1. The van der Waals surface area contributed by atoms with Crippen molar-refractivity contribution in [1.29, 1.82) is 0 Å². The van der Waals surface area contributed by atoms with Gasteiger partial charge in [0.15, 0.2) is 0 Å². The number of aromatic nitrogens is 4. The van der Waals surface area contributed by atoms with Crippen molar-refractivity contribution in [1.82, 2.24) is 25.5 Å². The van der Waals surface area contributed by atoms with E-state index in [1.165, 1.54) is 0 Å². The highest BCUT2D eigenvalue weighted by molar-refractivity contribution is 7.99. The molecule has 0 saturated heterocycles. The SMILES string of the molecule is C=CCCSc1nnnn1CCNC. The fourth-order valence-electron chi connectivity index (χ4n) is 0.891. The van der Waals surface area contributed by atoms with Crippen LogP contribution in [0.2, 0.25) is 0 Å². The van der Waals surface area contributed by atoms with Gasteiger partial charge in [-0.1, -0.05) is 17.8 Å². The van der Waals surface area contributed by atoms with Crippen LogP contribution in [-0.2, 0) is 6.54 Å². The Morgan fingerprint density at radius 2 is 2.50 bits per heavy atom. The maximum absolute atomic E-state index is 3.94. The highest BCUT2D eigenvalue weighted by atomic mass is 32.2. The Hall–Kier alpha value is -0.880. The molecule has 1 N–H and O–H groups in total. The van der Waals surface area contributed by atoms with Gasteiger partial charge in [-0.15, -0.1) is 11.7 Å². The van der Waals surface area contributed by atoms with Gasteiger partial charge >= 0.3 is 0 Å². The normalized spacial score (nSPS) is 10.4. The molecule has 0 aliphatic heterocycles. The van der Waals surface area contributed by atoms with Crippen molar-refractivity contribution in [3.63, 3.8) is 0 Å². The second kappa shape index (κ2) is 6.56. The summed E-state index contributed by atoms with van der Waals surface area (Å²) in [6, 6.07) is 0. The molecular weight excluding hydrogens is 198 g/mol. The topological polar surface area (TPSA) is 55.6 Å². The summed E-state index contributed by atoms with van der Waals surface area (Å²) in [4.78, 5) is 0. The lowest BCUT2D eigenvalue weighted by molar-refractivity contribution is 0.530. The van der Waals surface area contributed by atoms with Crippen LogP contribution in [0.3, 0.4) is 0 Å². The molecule has 0 bridgehead atoms. The first kappa shape index (κ1) is 11.2. The predicted octanol–water partition coefficient (Wildman–Crippen LogP) is 0.561. The predicted molar refractivity (Wildman–Crippen MR) is 57.3 cm³/mol. The molecule has 0 aliphatic carbocycles. The summed E-state index contributed by atoms with van der Waals surface area (Å²) in [6.45, 7) is 5.35. The molecule has 78 valence electrons. The molecule has 1 rings (SSSR count). The van der Waals surface area contributed by atoms with Crippen molar-refractivity contribution in [3.8, 4) is 0 Å². The maximum Gasteiger partial charge on any atom is 0.209 e. The number of thioether (sulfide) groups is 1. The van der Waals surface area contributed by atoms with E-state index < -0.39 is 0 Å². The molecule has 0 spiro atoms. The van der Waals surface area contributed by atoms with Gasteiger partial charge in [0.25, 0.3) is 0 Å². The molecule has 0 unspecified atom stereocenters. The summed E-state index contributed by atoms with van der Waals surface area (Å²) in [5, 5.41) is 15.4. The van der Waals surface area contributed by atoms with Crippen LogP contribution >= 0.6 is 11.8 Å². The molecule has 1 aromatic rings. The Morgan fingerprint density at radius 1 is 1.64 bits per heavy atom. The van der Waals surface area contributed by atoms with E-state index in [0.717, 1.165) is 30.4 Å². The van der Waals surface area contributed by atoms with Gasteiger partial charge in [0.2, 0.25) is 5.16 Å². The summed E-state index contributed by atoms with van der Waals surface area (Å²) < 4.78 is 1.81.